The standard InChI is InChI=1S/C15H18N2S/c1-11(2)13-4-6-14(7-5-13)18-15-8-3-12(9-16)10-17-15/h3-8,10-11H,9,16H2,1-2H3. The van der Waals surface area contributed by atoms with Gasteiger partial charge in [-0.15, -0.1) is 0 Å². The molecule has 2 rings (SSSR count). The highest BCUT2D eigenvalue weighted by molar-refractivity contribution is 7.99. The van der Waals surface area contributed by atoms with Gasteiger partial charge >= 0.3 is 0 Å². The summed E-state index contributed by atoms with van der Waals surface area (Å²) in [5.74, 6) is 0.575. The molecule has 0 fully saturated rings. The monoisotopic (exact) mass is 258 g/mol. The van der Waals surface area contributed by atoms with Gasteiger partial charge in [0.15, 0.2) is 0 Å². The van der Waals surface area contributed by atoms with Crippen LogP contribution in [0.1, 0.15) is 30.9 Å². The fourth-order valence-electron chi connectivity index (χ4n) is 1.63. The number of hydrogen-bond acceptors (Lipinski definition) is 3. The van der Waals surface area contributed by atoms with Crippen LogP contribution in [0.25, 0.3) is 0 Å². The first-order chi connectivity index (χ1) is 8.69. The predicted molar refractivity (Wildman–Crippen MR) is 76.8 cm³/mol. The van der Waals surface area contributed by atoms with Crippen LogP contribution in [0.3, 0.4) is 0 Å². The summed E-state index contributed by atoms with van der Waals surface area (Å²) in [4.78, 5) is 5.60. The molecule has 0 radical (unpaired) electrons. The Labute approximate surface area is 113 Å². The number of aromatic nitrogens is 1. The second kappa shape index (κ2) is 6.03. The highest BCUT2D eigenvalue weighted by Crippen LogP contribution is 2.27. The van der Waals surface area contributed by atoms with Gasteiger partial charge in [0.1, 0.15) is 5.03 Å². The van der Waals surface area contributed by atoms with E-state index in [9.17, 15) is 0 Å². The van der Waals surface area contributed by atoms with Crippen LogP contribution < -0.4 is 5.73 Å². The molecule has 0 aliphatic rings. The van der Waals surface area contributed by atoms with E-state index in [-0.39, 0.29) is 0 Å². The molecule has 0 unspecified atom stereocenters. The quantitative estimate of drug-likeness (QED) is 0.906. The van der Waals surface area contributed by atoms with Gasteiger partial charge in [-0.3, -0.25) is 0 Å². The number of pyridine rings is 1. The zero-order valence-corrected chi connectivity index (χ0v) is 11.6. The second-order valence-electron chi connectivity index (χ2n) is 4.53. The van der Waals surface area contributed by atoms with E-state index in [0.717, 1.165) is 10.6 Å². The Kier molecular flexibility index (Phi) is 4.39. The van der Waals surface area contributed by atoms with Crippen LogP contribution in [-0.2, 0) is 6.54 Å². The zero-order chi connectivity index (χ0) is 13.0. The summed E-state index contributed by atoms with van der Waals surface area (Å²) in [6.07, 6.45) is 1.84. The highest BCUT2D eigenvalue weighted by atomic mass is 32.2. The Morgan fingerprint density at radius 2 is 1.83 bits per heavy atom. The molecule has 0 bridgehead atoms. The molecule has 1 heterocycles. The largest absolute Gasteiger partial charge is 0.326 e. The molecule has 0 aliphatic heterocycles. The maximum atomic E-state index is 5.55. The van der Waals surface area contributed by atoms with E-state index in [1.807, 2.05) is 18.3 Å². The lowest BCUT2D eigenvalue weighted by molar-refractivity contribution is 0.865. The van der Waals surface area contributed by atoms with Crippen molar-refractivity contribution in [3.05, 3.63) is 53.7 Å². The van der Waals surface area contributed by atoms with E-state index in [4.69, 9.17) is 5.73 Å². The average molecular weight is 258 g/mol. The van der Waals surface area contributed by atoms with Gasteiger partial charge in [-0.25, -0.2) is 4.98 Å². The molecule has 3 heteroatoms. The molecule has 94 valence electrons. The molecule has 0 saturated heterocycles. The normalized spacial score (nSPS) is 10.9. The van der Waals surface area contributed by atoms with Crippen molar-refractivity contribution in [3.8, 4) is 0 Å². The number of benzene rings is 1. The van der Waals surface area contributed by atoms with Gasteiger partial charge in [-0.2, -0.15) is 0 Å². The van der Waals surface area contributed by atoms with Crippen LogP contribution in [0, 0.1) is 0 Å². The molecular formula is C15H18N2S. The number of rotatable bonds is 4. The van der Waals surface area contributed by atoms with E-state index >= 15 is 0 Å². The van der Waals surface area contributed by atoms with E-state index in [1.54, 1.807) is 11.8 Å². The summed E-state index contributed by atoms with van der Waals surface area (Å²) in [5, 5.41) is 1.00. The van der Waals surface area contributed by atoms with Crippen LogP contribution in [0.15, 0.2) is 52.5 Å². The molecule has 2 N–H and O–H groups in total. The summed E-state index contributed by atoms with van der Waals surface area (Å²) in [6, 6.07) is 12.7. The van der Waals surface area contributed by atoms with E-state index in [1.165, 1.54) is 10.5 Å². The van der Waals surface area contributed by atoms with Crippen molar-refractivity contribution in [1.29, 1.82) is 0 Å². The third-order valence-electron chi connectivity index (χ3n) is 2.80. The molecule has 0 saturated carbocycles. The van der Waals surface area contributed by atoms with E-state index < -0.39 is 0 Å². The van der Waals surface area contributed by atoms with Crippen LogP contribution in [0.4, 0.5) is 0 Å². The summed E-state index contributed by atoms with van der Waals surface area (Å²) in [7, 11) is 0. The minimum atomic E-state index is 0.543. The van der Waals surface area contributed by atoms with Crippen molar-refractivity contribution in [3.63, 3.8) is 0 Å². The molecule has 0 aliphatic carbocycles. The van der Waals surface area contributed by atoms with Crippen LogP contribution in [0.5, 0.6) is 0 Å². The lowest BCUT2D eigenvalue weighted by atomic mass is 10.0. The van der Waals surface area contributed by atoms with E-state index in [2.05, 4.69) is 43.1 Å². The molecule has 0 spiro atoms. The Hall–Kier alpha value is -1.32. The molecule has 1 aromatic heterocycles. The second-order valence-corrected chi connectivity index (χ2v) is 5.63. The van der Waals surface area contributed by atoms with Gasteiger partial charge in [0.25, 0.3) is 0 Å². The first kappa shape index (κ1) is 13.1. The Balaban J connectivity index is 2.08. The maximum absolute atomic E-state index is 5.55. The zero-order valence-electron chi connectivity index (χ0n) is 10.8. The van der Waals surface area contributed by atoms with Crippen molar-refractivity contribution in [2.24, 2.45) is 5.73 Å². The van der Waals surface area contributed by atoms with Gasteiger partial charge in [0.05, 0.1) is 0 Å². The smallest absolute Gasteiger partial charge is 0.101 e. The molecule has 2 nitrogen and oxygen atoms in total. The fraction of sp³-hybridized carbons (Fsp3) is 0.267. The van der Waals surface area contributed by atoms with Gasteiger partial charge in [-0.05, 0) is 35.2 Å². The lowest BCUT2D eigenvalue weighted by Crippen LogP contribution is -1.96. The van der Waals surface area contributed by atoms with Crippen molar-refractivity contribution in [1.82, 2.24) is 4.98 Å². The maximum Gasteiger partial charge on any atom is 0.101 e. The highest BCUT2D eigenvalue weighted by Gasteiger charge is 2.01. The molecule has 0 atom stereocenters. The van der Waals surface area contributed by atoms with Gasteiger partial charge in [0.2, 0.25) is 0 Å². The Morgan fingerprint density at radius 3 is 2.33 bits per heavy atom. The lowest BCUT2D eigenvalue weighted by Gasteiger charge is -2.06. The van der Waals surface area contributed by atoms with Crippen LogP contribution >= 0.6 is 11.8 Å². The van der Waals surface area contributed by atoms with Crippen molar-refractivity contribution < 1.29 is 0 Å². The Morgan fingerprint density at radius 1 is 1.11 bits per heavy atom. The topological polar surface area (TPSA) is 38.9 Å². The number of hydrogen-bond donors (Lipinski definition) is 1. The first-order valence-electron chi connectivity index (χ1n) is 6.12. The average Bonchev–Trinajstić information content (AvgIpc) is 2.40. The summed E-state index contributed by atoms with van der Waals surface area (Å²) < 4.78 is 0. The van der Waals surface area contributed by atoms with Gasteiger partial charge in [0, 0.05) is 17.6 Å². The van der Waals surface area contributed by atoms with E-state index in [0.29, 0.717) is 12.5 Å². The fourth-order valence-corrected chi connectivity index (χ4v) is 2.39. The summed E-state index contributed by atoms with van der Waals surface area (Å²) in [6.45, 7) is 4.95. The Bertz CT molecular complexity index is 489. The van der Waals surface area contributed by atoms with Crippen LogP contribution in [-0.4, -0.2) is 4.98 Å². The number of nitrogens with zero attached hydrogens (tertiary/aromatic N) is 1. The predicted octanol–water partition coefficient (Wildman–Crippen LogP) is 3.81. The molecular weight excluding hydrogens is 240 g/mol. The van der Waals surface area contributed by atoms with Crippen LogP contribution in [0.2, 0.25) is 0 Å². The number of nitrogens with two attached hydrogens (primary N) is 1. The van der Waals surface area contributed by atoms with Crippen molar-refractivity contribution in [2.45, 2.75) is 36.2 Å². The minimum Gasteiger partial charge on any atom is -0.326 e. The molecule has 18 heavy (non-hydrogen) atoms. The van der Waals surface area contributed by atoms with Gasteiger partial charge in [-0.1, -0.05) is 43.8 Å². The van der Waals surface area contributed by atoms with Gasteiger partial charge < -0.3 is 5.73 Å². The van der Waals surface area contributed by atoms with Crippen molar-refractivity contribution >= 4 is 11.8 Å². The minimum absolute atomic E-state index is 0.543. The molecule has 1 aromatic carbocycles. The molecule has 0 amide bonds. The summed E-state index contributed by atoms with van der Waals surface area (Å²) in [5.41, 5.74) is 7.98. The third-order valence-corrected chi connectivity index (χ3v) is 3.76. The SMILES string of the molecule is CC(C)c1ccc(Sc2ccc(CN)cn2)cc1. The third kappa shape index (κ3) is 3.34. The first-order valence-corrected chi connectivity index (χ1v) is 6.93. The molecule has 2 aromatic rings. The van der Waals surface area contributed by atoms with Crippen molar-refractivity contribution in [2.75, 3.05) is 0 Å². The summed E-state index contributed by atoms with van der Waals surface area (Å²) >= 11 is 1.68.